The zero-order valence-corrected chi connectivity index (χ0v) is 15.3. The van der Waals surface area contributed by atoms with Crippen molar-refractivity contribution in [3.05, 3.63) is 69.7 Å². The van der Waals surface area contributed by atoms with Gasteiger partial charge in [-0.15, -0.1) is 0 Å². The Bertz CT molecular complexity index is 1030. The van der Waals surface area contributed by atoms with Crippen LogP contribution in [0.25, 0.3) is 0 Å². The number of aromatic nitrogens is 4. The summed E-state index contributed by atoms with van der Waals surface area (Å²) in [6.45, 7) is 2.42. The highest BCUT2D eigenvalue weighted by molar-refractivity contribution is 5.94. The number of nitrogens with zero attached hydrogens (tertiary/aromatic N) is 4. The highest BCUT2D eigenvalue weighted by atomic mass is 16.6. The molecule has 0 aliphatic carbocycles. The lowest BCUT2D eigenvalue weighted by molar-refractivity contribution is 0.0727. The Morgan fingerprint density at radius 1 is 1.32 bits per heavy atom. The van der Waals surface area contributed by atoms with Crippen molar-refractivity contribution in [2.75, 3.05) is 6.54 Å². The number of aryl methyl sites for hydroxylation is 1. The van der Waals surface area contributed by atoms with E-state index in [2.05, 4.69) is 20.3 Å². The number of carbonyl (C=O) groups excluding carboxylic acids is 1. The molecule has 28 heavy (non-hydrogen) atoms. The maximum absolute atomic E-state index is 12.9. The molecule has 9 heteroatoms. The summed E-state index contributed by atoms with van der Waals surface area (Å²) in [6, 6.07) is 8.96. The molecule has 2 aromatic heterocycles. The van der Waals surface area contributed by atoms with Crippen LogP contribution in [0.1, 0.15) is 46.5 Å². The number of aromatic amines is 1. The van der Waals surface area contributed by atoms with Crippen LogP contribution in [0.2, 0.25) is 0 Å². The molecular formula is C19H19N5O4. The number of H-pyrrole nitrogens is 1. The van der Waals surface area contributed by atoms with Crippen molar-refractivity contribution in [2.24, 2.45) is 0 Å². The molecule has 144 valence electrons. The summed E-state index contributed by atoms with van der Waals surface area (Å²) in [6.07, 6.45) is 2.86. The molecule has 0 radical (unpaired) electrons. The molecule has 1 aliphatic rings. The van der Waals surface area contributed by atoms with Gasteiger partial charge in [0.2, 0.25) is 0 Å². The van der Waals surface area contributed by atoms with Gasteiger partial charge >= 0.3 is 0 Å². The van der Waals surface area contributed by atoms with Crippen LogP contribution in [-0.2, 0) is 6.61 Å². The summed E-state index contributed by atoms with van der Waals surface area (Å²) in [4.78, 5) is 33.8. The van der Waals surface area contributed by atoms with Crippen molar-refractivity contribution in [2.45, 2.75) is 32.4 Å². The van der Waals surface area contributed by atoms with Crippen molar-refractivity contribution in [1.29, 1.82) is 0 Å². The molecule has 0 saturated carbocycles. The topological polar surface area (TPSA) is 114 Å². The molecule has 1 amide bonds. The fourth-order valence-corrected chi connectivity index (χ4v) is 3.32. The fraction of sp³-hybridized carbons (Fsp3) is 0.316. The van der Waals surface area contributed by atoms with Crippen LogP contribution in [0.3, 0.4) is 0 Å². The van der Waals surface area contributed by atoms with Crippen LogP contribution in [0.15, 0.2) is 46.0 Å². The van der Waals surface area contributed by atoms with Gasteiger partial charge in [0, 0.05) is 12.7 Å². The van der Waals surface area contributed by atoms with Gasteiger partial charge in [0.1, 0.15) is 35.1 Å². The molecular weight excluding hydrogens is 362 g/mol. The van der Waals surface area contributed by atoms with E-state index in [0.29, 0.717) is 29.5 Å². The second kappa shape index (κ2) is 7.63. The lowest BCUT2D eigenvalue weighted by Gasteiger charge is -2.22. The lowest BCUT2D eigenvalue weighted by Crippen LogP contribution is -2.35. The Labute approximate surface area is 160 Å². The first-order chi connectivity index (χ1) is 13.6. The standard InChI is InChI=1S/C19H19N5O4/c1-12-17(23-28-22-12)15-8-5-9-24(15)19(26)14-10-20-16(21-18(14)25)11-27-13-6-3-2-4-7-13/h2-4,6-7,10,15H,5,8-9,11H2,1H3,(H,20,21,25)/t15-/m0/s1. The maximum Gasteiger partial charge on any atom is 0.263 e. The SMILES string of the molecule is Cc1nonc1[C@@H]1CCCN1C(=O)c1cnc(COc2ccccc2)[nH]c1=O. The van der Waals surface area contributed by atoms with Crippen molar-refractivity contribution < 1.29 is 14.2 Å². The molecule has 4 rings (SSSR count). The number of hydrogen-bond acceptors (Lipinski definition) is 7. The van der Waals surface area contributed by atoms with Gasteiger partial charge in [0.05, 0.1) is 6.04 Å². The number of amides is 1. The van der Waals surface area contributed by atoms with Crippen LogP contribution in [0, 0.1) is 6.92 Å². The molecule has 0 spiro atoms. The predicted molar refractivity (Wildman–Crippen MR) is 97.7 cm³/mol. The summed E-state index contributed by atoms with van der Waals surface area (Å²) >= 11 is 0. The average Bonchev–Trinajstić information content (AvgIpc) is 3.35. The van der Waals surface area contributed by atoms with Gasteiger partial charge in [-0.2, -0.15) is 0 Å². The van der Waals surface area contributed by atoms with Crippen LogP contribution in [0.4, 0.5) is 0 Å². The number of benzene rings is 1. The van der Waals surface area contributed by atoms with E-state index in [-0.39, 0.29) is 24.1 Å². The number of rotatable bonds is 5. The van der Waals surface area contributed by atoms with Gasteiger partial charge in [0.25, 0.3) is 11.5 Å². The Morgan fingerprint density at radius 3 is 2.86 bits per heavy atom. The van der Waals surface area contributed by atoms with E-state index < -0.39 is 5.56 Å². The van der Waals surface area contributed by atoms with Gasteiger partial charge in [-0.1, -0.05) is 28.5 Å². The molecule has 3 aromatic rings. The van der Waals surface area contributed by atoms with E-state index in [1.165, 1.54) is 6.20 Å². The fourth-order valence-electron chi connectivity index (χ4n) is 3.32. The van der Waals surface area contributed by atoms with Gasteiger partial charge in [-0.05, 0) is 31.9 Å². The van der Waals surface area contributed by atoms with E-state index in [1.54, 1.807) is 11.8 Å². The Hall–Kier alpha value is -3.49. The van der Waals surface area contributed by atoms with Crippen molar-refractivity contribution in [3.63, 3.8) is 0 Å². The summed E-state index contributed by atoms with van der Waals surface area (Å²) in [7, 11) is 0. The number of likely N-dealkylation sites (tertiary alicyclic amines) is 1. The normalized spacial score (nSPS) is 16.3. The summed E-state index contributed by atoms with van der Waals surface area (Å²) in [5, 5.41) is 7.70. The minimum absolute atomic E-state index is 0.00975. The van der Waals surface area contributed by atoms with Crippen LogP contribution in [0.5, 0.6) is 5.75 Å². The molecule has 9 nitrogen and oxygen atoms in total. The minimum Gasteiger partial charge on any atom is -0.486 e. The second-order valence-electron chi connectivity index (χ2n) is 6.57. The molecule has 0 unspecified atom stereocenters. The monoisotopic (exact) mass is 381 g/mol. The molecule has 1 aromatic carbocycles. The Morgan fingerprint density at radius 2 is 2.14 bits per heavy atom. The third kappa shape index (κ3) is 3.51. The van der Waals surface area contributed by atoms with E-state index >= 15 is 0 Å². The third-order valence-corrected chi connectivity index (χ3v) is 4.72. The lowest BCUT2D eigenvalue weighted by atomic mass is 10.1. The van der Waals surface area contributed by atoms with Crippen LogP contribution in [-0.4, -0.2) is 37.6 Å². The van der Waals surface area contributed by atoms with Crippen molar-refractivity contribution >= 4 is 5.91 Å². The largest absolute Gasteiger partial charge is 0.486 e. The zero-order chi connectivity index (χ0) is 19.5. The van der Waals surface area contributed by atoms with Crippen molar-refractivity contribution in [1.82, 2.24) is 25.2 Å². The zero-order valence-electron chi connectivity index (χ0n) is 15.3. The highest BCUT2D eigenvalue weighted by Gasteiger charge is 2.35. The highest BCUT2D eigenvalue weighted by Crippen LogP contribution is 2.32. The average molecular weight is 381 g/mol. The molecule has 0 bridgehead atoms. The summed E-state index contributed by atoms with van der Waals surface area (Å²) < 4.78 is 10.3. The predicted octanol–water partition coefficient (Wildman–Crippen LogP) is 2.02. The molecule has 1 atom stereocenters. The molecule has 1 N–H and O–H groups in total. The first-order valence-electron chi connectivity index (χ1n) is 8.99. The number of para-hydroxylation sites is 1. The van der Waals surface area contributed by atoms with Gasteiger partial charge < -0.3 is 14.6 Å². The van der Waals surface area contributed by atoms with Crippen LogP contribution >= 0.6 is 0 Å². The number of ether oxygens (including phenoxy) is 1. The second-order valence-corrected chi connectivity index (χ2v) is 6.57. The van der Waals surface area contributed by atoms with Gasteiger partial charge in [-0.3, -0.25) is 9.59 Å². The number of carbonyl (C=O) groups is 1. The van der Waals surface area contributed by atoms with E-state index in [0.717, 1.165) is 12.8 Å². The van der Waals surface area contributed by atoms with Crippen LogP contribution < -0.4 is 10.3 Å². The first-order valence-corrected chi connectivity index (χ1v) is 8.99. The smallest absolute Gasteiger partial charge is 0.263 e. The van der Waals surface area contributed by atoms with Gasteiger partial charge in [0.15, 0.2) is 0 Å². The molecule has 1 fully saturated rings. The number of nitrogens with one attached hydrogen (secondary N) is 1. The first kappa shape index (κ1) is 17.9. The molecule has 1 aliphatic heterocycles. The molecule has 3 heterocycles. The molecule has 1 saturated heterocycles. The maximum atomic E-state index is 12.9. The van der Waals surface area contributed by atoms with Crippen molar-refractivity contribution in [3.8, 4) is 5.75 Å². The van der Waals surface area contributed by atoms with E-state index in [1.807, 2.05) is 30.3 Å². The minimum atomic E-state index is -0.493. The summed E-state index contributed by atoms with van der Waals surface area (Å²) in [5.74, 6) is 0.635. The quantitative estimate of drug-likeness (QED) is 0.719. The number of hydrogen-bond donors (Lipinski definition) is 1. The van der Waals surface area contributed by atoms with E-state index in [9.17, 15) is 9.59 Å². The van der Waals surface area contributed by atoms with Gasteiger partial charge in [-0.25, -0.2) is 9.61 Å². The summed E-state index contributed by atoms with van der Waals surface area (Å²) in [5.41, 5.74) is 0.769. The van der Waals surface area contributed by atoms with E-state index in [4.69, 9.17) is 9.37 Å². The Kier molecular flexibility index (Phi) is 4.88. The Balaban J connectivity index is 1.50. The third-order valence-electron chi connectivity index (χ3n) is 4.72.